The molecule has 16 atom stereocenters. The highest BCUT2D eigenvalue weighted by atomic mass is 19.1. The van der Waals surface area contributed by atoms with Gasteiger partial charge >= 0.3 is 5.97 Å². The highest BCUT2D eigenvalue weighted by Crippen LogP contribution is 2.70. The molecule has 73 heavy (non-hydrogen) atoms. The average Bonchev–Trinajstić information content (AvgIpc) is 4.13. The molecule has 0 spiro atoms. The molecule has 15 heteroatoms. The zero-order valence-corrected chi connectivity index (χ0v) is 42.9. The van der Waals surface area contributed by atoms with Crippen LogP contribution in [0.1, 0.15) is 188 Å². The lowest BCUT2D eigenvalue weighted by Crippen LogP contribution is -2.56. The number of carbonyl (C=O) groups is 4. The summed E-state index contributed by atoms with van der Waals surface area (Å²) >= 11 is 0. The number of hydrogen-bond donors (Lipinski definition) is 4. The van der Waals surface area contributed by atoms with Gasteiger partial charge in [0.1, 0.15) is 0 Å². The molecule has 8 saturated carbocycles. The van der Waals surface area contributed by atoms with E-state index >= 15 is 0 Å². The molecular weight excluding hydrogens is 930 g/mol. The van der Waals surface area contributed by atoms with Crippen LogP contribution < -0.4 is 5.73 Å². The van der Waals surface area contributed by atoms with Crippen LogP contribution in [0.3, 0.4) is 0 Å². The van der Waals surface area contributed by atoms with Crippen molar-refractivity contribution in [3.8, 4) is 0 Å². The summed E-state index contributed by atoms with van der Waals surface area (Å²) in [6, 6.07) is 0. The molecule has 5 N–H and O–H groups in total. The average molecular weight is 1030 g/mol. The van der Waals surface area contributed by atoms with Crippen molar-refractivity contribution in [2.24, 2.45) is 86.6 Å². The van der Waals surface area contributed by atoms with E-state index in [9.17, 15) is 33.8 Å². The topological polar surface area (TPSA) is 209 Å². The zero-order valence-electron chi connectivity index (χ0n) is 43.9. The third-order valence-corrected chi connectivity index (χ3v) is 21.7. The quantitative estimate of drug-likeness (QED) is 0.157. The molecule has 10 rings (SSSR count). The van der Waals surface area contributed by atoms with Crippen molar-refractivity contribution >= 4 is 23.4 Å². The number of Topliss-reactive ketones (excluding diaryl/α,β-unsaturated/α-hetero) is 2. The summed E-state index contributed by atoms with van der Waals surface area (Å²) in [4.78, 5) is 49.4. The van der Waals surface area contributed by atoms with Crippen molar-refractivity contribution in [1.82, 2.24) is 19.6 Å². The second-order valence-electron chi connectivity index (χ2n) is 24.8. The number of hydrogen-bond acceptors (Lipinski definition) is 10. The van der Waals surface area contributed by atoms with Crippen molar-refractivity contribution < 1.29 is 49.7 Å². The van der Waals surface area contributed by atoms with Crippen LogP contribution in [0.4, 0.5) is 4.39 Å². The van der Waals surface area contributed by atoms with Gasteiger partial charge < -0.3 is 30.5 Å². The molecule has 0 bridgehead atoms. The van der Waals surface area contributed by atoms with Crippen molar-refractivity contribution in [1.29, 1.82) is 0 Å². The van der Waals surface area contributed by atoms with Gasteiger partial charge in [0, 0.05) is 38.4 Å². The fraction of sp³-hybridized carbons (Fsp3) is 0.828. The SMILES string of the molecule is C.C.C.COC[C@@]1(O)CC[C@@]2(C)[C@@H](CC[C@@H]3[C@@H]2CC[C@]2(C)[C@@H](C(=O)Cn4cc(C(=O)O)cn4)CC[C@@H]32)C1.COC[C@@]1(O)CC[C@@]2(C)[C@@H](CC[C@@H]3[C@@H]2CC[C@]2(C)[C@@H](C(=O)Cn4cc(C(N)=O)cn4)CC[C@@H]32)C1.[2H]CF. The Kier molecular flexibility index (Phi) is 18.5. The molecule has 414 valence electrons. The van der Waals surface area contributed by atoms with Crippen LogP contribution in [0.15, 0.2) is 24.8 Å². The smallest absolute Gasteiger partial charge is 0.338 e. The van der Waals surface area contributed by atoms with Gasteiger partial charge in [0.25, 0.3) is 5.91 Å². The normalized spacial score (nSPS) is 40.9. The van der Waals surface area contributed by atoms with Crippen LogP contribution in [-0.2, 0) is 32.2 Å². The number of amides is 1. The van der Waals surface area contributed by atoms with Gasteiger partial charge in [0.2, 0.25) is 0 Å². The maximum atomic E-state index is 13.4. The number of primary amides is 1. The van der Waals surface area contributed by atoms with E-state index in [0.717, 1.165) is 77.0 Å². The van der Waals surface area contributed by atoms with Crippen molar-refractivity contribution in [2.75, 3.05) is 34.6 Å². The number of methoxy groups -OCH3 is 2. The molecule has 2 heterocycles. The first kappa shape index (κ1) is 58.7. The molecule has 0 saturated heterocycles. The number of ether oxygens (including phenoxy) is 2. The van der Waals surface area contributed by atoms with Crippen LogP contribution >= 0.6 is 0 Å². The van der Waals surface area contributed by atoms with E-state index in [2.05, 4.69) is 37.9 Å². The Labute approximate surface area is 438 Å². The molecule has 0 radical (unpaired) electrons. The van der Waals surface area contributed by atoms with Crippen molar-refractivity contribution in [3.05, 3.63) is 35.9 Å². The van der Waals surface area contributed by atoms with Gasteiger partial charge in [0.15, 0.2) is 11.6 Å². The highest BCUT2D eigenvalue weighted by Gasteiger charge is 2.64. The number of nitrogens with zero attached hydrogens (tertiary/aromatic N) is 4. The Morgan fingerprint density at radius 1 is 0.630 bits per heavy atom. The molecule has 8 aliphatic carbocycles. The van der Waals surface area contributed by atoms with Gasteiger partial charge in [-0.15, -0.1) is 0 Å². The van der Waals surface area contributed by atoms with Crippen LogP contribution in [0.2, 0.25) is 0 Å². The number of rotatable bonds is 12. The second-order valence-corrected chi connectivity index (χ2v) is 24.8. The molecule has 0 aliphatic heterocycles. The van der Waals surface area contributed by atoms with Gasteiger partial charge in [-0.1, -0.05) is 50.0 Å². The molecule has 14 nitrogen and oxygen atoms in total. The summed E-state index contributed by atoms with van der Waals surface area (Å²) in [5, 5.41) is 39.6. The Morgan fingerprint density at radius 2 is 1.01 bits per heavy atom. The Balaban J connectivity index is 0.000000251. The van der Waals surface area contributed by atoms with Crippen molar-refractivity contribution in [3.63, 3.8) is 0 Å². The lowest BCUT2D eigenvalue weighted by molar-refractivity contribution is -0.164. The van der Waals surface area contributed by atoms with E-state index in [1.807, 2.05) is 0 Å². The molecule has 8 fully saturated rings. The number of ketones is 2. The van der Waals surface area contributed by atoms with E-state index in [4.69, 9.17) is 21.7 Å². The molecule has 0 aromatic carbocycles. The maximum Gasteiger partial charge on any atom is 0.338 e. The first-order valence-corrected chi connectivity index (χ1v) is 26.5. The number of halogens is 1. The minimum atomic E-state index is -1.02. The van der Waals surface area contributed by atoms with E-state index in [1.54, 1.807) is 25.1 Å². The summed E-state index contributed by atoms with van der Waals surface area (Å²) in [5.74, 6) is 3.98. The lowest BCUT2D eigenvalue weighted by Gasteiger charge is -2.62. The van der Waals surface area contributed by atoms with E-state index in [0.29, 0.717) is 66.1 Å². The number of aliphatic hydroxyl groups is 2. The molecule has 8 aliphatic rings. The van der Waals surface area contributed by atoms with Gasteiger partial charge in [-0.05, 0) is 185 Å². The number of nitrogens with two attached hydrogens (primary N) is 1. The molecule has 0 unspecified atom stereocenters. The Bertz CT molecular complexity index is 2110. The van der Waals surface area contributed by atoms with Crippen molar-refractivity contribution in [2.45, 2.75) is 190 Å². The summed E-state index contributed by atoms with van der Waals surface area (Å²) < 4.78 is 29.3. The van der Waals surface area contributed by atoms with E-state index in [1.165, 1.54) is 61.8 Å². The van der Waals surface area contributed by atoms with Gasteiger partial charge in [-0.25, -0.2) is 4.79 Å². The minimum Gasteiger partial charge on any atom is -0.478 e. The van der Waals surface area contributed by atoms with E-state index < -0.39 is 30.2 Å². The molecule has 2 aromatic rings. The Morgan fingerprint density at radius 3 is 1.37 bits per heavy atom. The minimum absolute atomic E-state index is 0. The predicted octanol–water partition coefficient (Wildman–Crippen LogP) is 10.3. The number of aromatic nitrogens is 4. The van der Waals surface area contributed by atoms with Crippen LogP contribution in [-0.4, -0.2) is 104 Å². The fourth-order valence-corrected chi connectivity index (χ4v) is 18.2. The standard InChI is InChI=1S/C27H41N3O4.C27H40N2O5.CH3F.3CH4/c1-25-10-11-27(33,16-34-3)12-18(25)4-5-19-20-6-7-22(26(20,2)9-8-21(19)25)23(31)15-30-14-17(13-29-30)24(28)32;1-25-10-11-27(33,16-34-3)12-18(25)4-5-19-20-6-7-22(26(20,2)9-8-21(19)25)23(30)15-29-14-17(13-28-29)24(31)32;1-2;;;/h13-14,18-22,33H,4-12,15-16H2,1-3H3,(H2,28,32);13-14,18-22,33H,4-12,15-16H2,1-3H3,(H,31,32);1H3;3*1H4/t2*18-,19-,20-,21-,22+,25-,26-,27+;;;;/m00..../s1/i;;1D;;;. The number of carboxylic acid groups (broad SMARTS) is 1. The fourth-order valence-electron chi connectivity index (χ4n) is 18.2. The van der Waals surface area contributed by atoms with Gasteiger partial charge in [-0.2, -0.15) is 10.2 Å². The number of carbonyl (C=O) groups excluding carboxylic acids is 3. The molecular formula is C58H96FN5O9. The van der Waals surface area contributed by atoms with Gasteiger partial charge in [0.05, 0.1) is 69.6 Å². The second kappa shape index (κ2) is 23.0. The Hall–Kier alpha value is -3.53. The summed E-state index contributed by atoms with van der Waals surface area (Å²) in [7, 11) is 2.37. The maximum absolute atomic E-state index is 13.4. The first-order valence-electron chi connectivity index (χ1n) is 27.2. The van der Waals surface area contributed by atoms with E-state index in [-0.39, 0.29) is 86.0 Å². The van der Waals surface area contributed by atoms with Crippen LogP contribution in [0.5, 0.6) is 0 Å². The summed E-state index contributed by atoms with van der Waals surface area (Å²) in [6.07, 6.45) is 24.8. The summed E-state index contributed by atoms with van der Waals surface area (Å²) in [5.41, 5.74) is 5.10. The number of aromatic carboxylic acids is 1. The lowest BCUT2D eigenvalue weighted by atomic mass is 9.44. The predicted molar refractivity (Wildman–Crippen MR) is 281 cm³/mol. The first-order chi connectivity index (χ1) is 33.6. The van der Waals surface area contributed by atoms with Crippen LogP contribution in [0, 0.1) is 80.8 Å². The van der Waals surface area contributed by atoms with Gasteiger partial charge in [-0.3, -0.25) is 28.1 Å². The van der Waals surface area contributed by atoms with Crippen LogP contribution in [0.25, 0.3) is 0 Å². The largest absolute Gasteiger partial charge is 0.478 e. The molecule has 1 amide bonds. The molecule has 2 aromatic heterocycles. The third kappa shape index (κ3) is 10.9. The zero-order chi connectivity index (χ0) is 51.3. The number of fused-ring (bicyclic) bond motifs is 10. The highest BCUT2D eigenvalue weighted by molar-refractivity contribution is 5.92. The third-order valence-electron chi connectivity index (χ3n) is 21.7. The number of alkyl halides is 1. The monoisotopic (exact) mass is 1030 g/mol. The summed E-state index contributed by atoms with van der Waals surface area (Å²) in [6.45, 7) is 10.9. The number of carboxylic acids is 1.